The number of hydrogen-bond donors (Lipinski definition) is 3. The highest BCUT2D eigenvalue weighted by Gasteiger charge is 2.55. The Hall–Kier alpha value is -1.48. The molecule has 3 N–H and O–H groups in total. The van der Waals surface area contributed by atoms with Crippen LogP contribution in [0.25, 0.3) is 0 Å². The van der Waals surface area contributed by atoms with Gasteiger partial charge in [0.25, 0.3) is 0 Å². The van der Waals surface area contributed by atoms with Gasteiger partial charge in [0, 0.05) is 33.2 Å². The van der Waals surface area contributed by atoms with Gasteiger partial charge in [0.05, 0.1) is 6.54 Å². The normalized spacial score (nSPS) is 16.0. The number of amides is 1. The fourth-order valence-electron chi connectivity index (χ4n) is 3.04. The van der Waals surface area contributed by atoms with Gasteiger partial charge in [-0.1, -0.05) is 45.2 Å². The largest absolute Gasteiger partial charge is 0.423 e. The highest BCUT2D eigenvalue weighted by atomic mass is 79.9. The molecule has 0 aliphatic heterocycles. The van der Waals surface area contributed by atoms with Crippen LogP contribution in [0.15, 0.2) is 40.9 Å². The van der Waals surface area contributed by atoms with Crippen molar-refractivity contribution in [3.63, 3.8) is 0 Å². The molecule has 31 heavy (non-hydrogen) atoms. The zero-order chi connectivity index (χ0) is 22.8. The van der Waals surface area contributed by atoms with Gasteiger partial charge in [-0.25, -0.2) is 0 Å². The third kappa shape index (κ3) is 6.28. The van der Waals surface area contributed by atoms with Crippen molar-refractivity contribution >= 4 is 50.7 Å². The lowest BCUT2D eigenvalue weighted by Gasteiger charge is -2.32. The fourth-order valence-corrected chi connectivity index (χ4v) is 4.08. The summed E-state index contributed by atoms with van der Waals surface area (Å²) in [5.41, 5.74) is -2.53. The van der Waals surface area contributed by atoms with Crippen molar-refractivity contribution in [2.45, 2.75) is 37.6 Å². The smallest absolute Gasteiger partial charge is 0.381 e. The van der Waals surface area contributed by atoms with E-state index in [1.165, 1.54) is 6.07 Å². The molecule has 1 aliphatic rings. The quantitative estimate of drug-likeness (QED) is 0.383. The number of hydrogen-bond acceptors (Lipinski definition) is 3. The molecule has 10 heteroatoms. The molecule has 0 aromatic heterocycles. The molecule has 0 saturated heterocycles. The average Bonchev–Trinajstić information content (AvgIpc) is 3.47. The molecule has 3 rings (SSSR count). The molecule has 0 bridgehead atoms. The summed E-state index contributed by atoms with van der Waals surface area (Å²) < 4.78 is 41.9. The zero-order valence-corrected chi connectivity index (χ0v) is 19.3. The first-order valence-corrected chi connectivity index (χ1v) is 11.1. The topological polar surface area (TPSA) is 61.4 Å². The third-order valence-electron chi connectivity index (χ3n) is 5.06. The van der Waals surface area contributed by atoms with Crippen LogP contribution in [0.3, 0.4) is 0 Å². The van der Waals surface area contributed by atoms with Gasteiger partial charge in [-0.3, -0.25) is 4.79 Å². The van der Waals surface area contributed by atoms with E-state index in [4.69, 9.17) is 23.2 Å². The van der Waals surface area contributed by atoms with Crippen LogP contribution in [0, 0.1) is 5.92 Å². The molecule has 1 fully saturated rings. The van der Waals surface area contributed by atoms with Crippen LogP contribution in [0.1, 0.15) is 30.4 Å². The average molecular weight is 540 g/mol. The molecule has 1 atom stereocenters. The summed E-state index contributed by atoms with van der Waals surface area (Å²) in [4.78, 5) is 11.8. The van der Waals surface area contributed by atoms with Crippen molar-refractivity contribution in [2.75, 3.05) is 11.9 Å². The summed E-state index contributed by atoms with van der Waals surface area (Å²) >= 11 is 15.0. The van der Waals surface area contributed by atoms with Crippen LogP contribution < -0.4 is 10.6 Å². The van der Waals surface area contributed by atoms with E-state index in [2.05, 4.69) is 26.6 Å². The standard InChI is InChI=1S/C21H20BrCl2F3N2O2/c22-18-9-17(4-3-13(18)10-28-19(30)5-12-1-2-12)29-11-20(31,21(25,26)27)14-6-15(23)8-16(24)7-14/h3-4,6-9,12,29,31H,1-2,5,10-11H2,(H,28,30)/t20-/m0/s1. The number of aliphatic hydroxyl groups is 1. The number of anilines is 1. The lowest BCUT2D eigenvalue weighted by Crippen LogP contribution is -2.47. The molecule has 1 amide bonds. The lowest BCUT2D eigenvalue weighted by molar-refractivity contribution is -0.260. The van der Waals surface area contributed by atoms with Crippen molar-refractivity contribution in [2.24, 2.45) is 5.92 Å². The van der Waals surface area contributed by atoms with E-state index in [9.17, 15) is 23.1 Å². The Morgan fingerprint density at radius 3 is 2.32 bits per heavy atom. The molecule has 168 valence electrons. The van der Waals surface area contributed by atoms with Crippen molar-refractivity contribution in [1.82, 2.24) is 5.32 Å². The monoisotopic (exact) mass is 538 g/mol. The van der Waals surface area contributed by atoms with Crippen molar-refractivity contribution in [3.8, 4) is 0 Å². The molecule has 0 spiro atoms. The van der Waals surface area contributed by atoms with Gasteiger partial charge >= 0.3 is 6.18 Å². The summed E-state index contributed by atoms with van der Waals surface area (Å²) in [5.74, 6) is 0.462. The molecule has 4 nitrogen and oxygen atoms in total. The van der Waals surface area contributed by atoms with Crippen LogP contribution in [-0.2, 0) is 16.9 Å². The van der Waals surface area contributed by atoms with E-state index in [1.54, 1.807) is 18.2 Å². The Balaban J connectivity index is 1.70. The molecule has 1 saturated carbocycles. The zero-order valence-electron chi connectivity index (χ0n) is 16.2. The Morgan fingerprint density at radius 1 is 1.13 bits per heavy atom. The maximum atomic E-state index is 13.7. The second kappa shape index (κ2) is 9.57. The van der Waals surface area contributed by atoms with Gasteiger partial charge < -0.3 is 15.7 Å². The highest BCUT2D eigenvalue weighted by Crippen LogP contribution is 2.41. The van der Waals surface area contributed by atoms with Gasteiger partial charge in [-0.2, -0.15) is 13.2 Å². The molecule has 1 aliphatic carbocycles. The SMILES string of the molecule is O=C(CC1CC1)NCc1ccc(NC[C@](O)(c2cc(Cl)cc(Cl)c2)C(F)(F)F)cc1Br. The minimum Gasteiger partial charge on any atom is -0.381 e. The Kier molecular flexibility index (Phi) is 7.46. The molecule has 2 aromatic rings. The molecular weight excluding hydrogens is 520 g/mol. The number of alkyl halides is 3. The predicted molar refractivity (Wildman–Crippen MR) is 118 cm³/mol. The number of carbonyl (C=O) groups is 1. The summed E-state index contributed by atoms with van der Waals surface area (Å²) in [7, 11) is 0. The second-order valence-electron chi connectivity index (χ2n) is 7.60. The summed E-state index contributed by atoms with van der Waals surface area (Å²) in [5, 5.41) is 15.9. The van der Waals surface area contributed by atoms with Crippen LogP contribution in [0.5, 0.6) is 0 Å². The Morgan fingerprint density at radius 2 is 1.77 bits per heavy atom. The van der Waals surface area contributed by atoms with E-state index in [1.807, 2.05) is 0 Å². The van der Waals surface area contributed by atoms with E-state index in [0.717, 1.165) is 30.5 Å². The van der Waals surface area contributed by atoms with E-state index < -0.39 is 23.9 Å². The lowest BCUT2D eigenvalue weighted by atomic mass is 9.92. The molecule has 0 unspecified atom stereocenters. The van der Waals surface area contributed by atoms with Crippen molar-refractivity contribution < 1.29 is 23.1 Å². The predicted octanol–water partition coefficient (Wildman–Crippen LogP) is 6.03. The molecule has 0 radical (unpaired) electrons. The number of halogens is 6. The summed E-state index contributed by atoms with van der Waals surface area (Å²) in [6, 6.07) is 8.21. The molecule has 2 aromatic carbocycles. The fraction of sp³-hybridized carbons (Fsp3) is 0.381. The number of rotatable bonds is 8. The van der Waals surface area contributed by atoms with Crippen molar-refractivity contribution in [3.05, 3.63) is 62.0 Å². The van der Waals surface area contributed by atoms with E-state index >= 15 is 0 Å². The van der Waals surface area contributed by atoms with Gasteiger partial charge in [-0.15, -0.1) is 0 Å². The van der Waals surface area contributed by atoms with Crippen LogP contribution >= 0.6 is 39.1 Å². The number of nitrogens with one attached hydrogen (secondary N) is 2. The Labute approximate surface area is 196 Å². The van der Waals surface area contributed by atoms with Crippen LogP contribution in [0.4, 0.5) is 18.9 Å². The highest BCUT2D eigenvalue weighted by molar-refractivity contribution is 9.10. The van der Waals surface area contributed by atoms with Gasteiger partial charge in [0.2, 0.25) is 11.5 Å². The van der Waals surface area contributed by atoms with Gasteiger partial charge in [-0.05, 0) is 60.2 Å². The minimum absolute atomic E-state index is 0.0130. The van der Waals surface area contributed by atoms with Crippen LogP contribution in [-0.4, -0.2) is 23.7 Å². The third-order valence-corrected chi connectivity index (χ3v) is 6.23. The second-order valence-corrected chi connectivity index (χ2v) is 9.33. The maximum absolute atomic E-state index is 13.7. The molecular formula is C21H20BrCl2F3N2O2. The van der Waals surface area contributed by atoms with Crippen molar-refractivity contribution in [1.29, 1.82) is 0 Å². The maximum Gasteiger partial charge on any atom is 0.423 e. The minimum atomic E-state index is -4.98. The summed E-state index contributed by atoms with van der Waals surface area (Å²) in [6.45, 7) is -0.545. The summed E-state index contributed by atoms with van der Waals surface area (Å²) in [6.07, 6.45) is -2.29. The molecule has 0 heterocycles. The van der Waals surface area contributed by atoms with E-state index in [-0.39, 0.29) is 16.0 Å². The Bertz CT molecular complexity index is 950. The first kappa shape index (κ1) is 24.2. The first-order chi connectivity index (χ1) is 14.5. The number of benzene rings is 2. The van der Waals surface area contributed by atoms with E-state index in [0.29, 0.717) is 29.0 Å². The van der Waals surface area contributed by atoms with Crippen LogP contribution in [0.2, 0.25) is 10.0 Å². The number of carbonyl (C=O) groups excluding carboxylic acids is 1. The van der Waals surface area contributed by atoms with Gasteiger partial charge in [0.15, 0.2) is 0 Å². The van der Waals surface area contributed by atoms with Gasteiger partial charge in [0.1, 0.15) is 0 Å². The first-order valence-electron chi connectivity index (χ1n) is 9.52.